The van der Waals surface area contributed by atoms with Gasteiger partial charge in [-0.3, -0.25) is 0 Å². The number of rotatable bonds is 0. The summed E-state index contributed by atoms with van der Waals surface area (Å²) < 4.78 is 0. The molecule has 0 radical (unpaired) electrons. The first-order valence-electron chi connectivity index (χ1n) is 4.32. The van der Waals surface area contributed by atoms with Gasteiger partial charge in [0.05, 0.1) is 0 Å². The van der Waals surface area contributed by atoms with Gasteiger partial charge >= 0.3 is 0 Å². The van der Waals surface area contributed by atoms with Crippen LogP contribution in [0.4, 0.5) is 0 Å². The second kappa shape index (κ2) is 2.34. The van der Waals surface area contributed by atoms with E-state index in [1.165, 1.54) is 0 Å². The van der Waals surface area contributed by atoms with Gasteiger partial charge < -0.3 is 5.32 Å². The van der Waals surface area contributed by atoms with Crippen molar-refractivity contribution < 1.29 is 0 Å². The second-order valence-corrected chi connectivity index (χ2v) is 4.72. The molecule has 64 valence electrons. The highest BCUT2D eigenvalue weighted by molar-refractivity contribution is 5.14. The minimum atomic E-state index is 0.163. The Morgan fingerprint density at radius 2 is 1.73 bits per heavy atom. The third kappa shape index (κ3) is 1.84. The molecule has 0 saturated carbocycles. The van der Waals surface area contributed by atoms with E-state index >= 15 is 0 Å². The Morgan fingerprint density at radius 3 is 2.09 bits per heavy atom. The molecule has 1 N–H and O–H groups in total. The smallest absolute Gasteiger partial charge is 0.0312 e. The van der Waals surface area contributed by atoms with Crippen molar-refractivity contribution >= 4 is 0 Å². The lowest BCUT2D eigenvalue weighted by atomic mass is 9.81. The molecular formula is C10H19N. The zero-order valence-corrected chi connectivity index (χ0v) is 8.23. The molecule has 0 aromatic carbocycles. The van der Waals surface area contributed by atoms with E-state index in [0.29, 0.717) is 5.92 Å². The van der Waals surface area contributed by atoms with Crippen LogP contribution in [-0.4, -0.2) is 11.1 Å². The van der Waals surface area contributed by atoms with Gasteiger partial charge in [0.15, 0.2) is 0 Å². The van der Waals surface area contributed by atoms with Crippen molar-refractivity contribution in [1.29, 1.82) is 0 Å². The standard InChI is InChI=1S/C10H19N/c1-8-6-7-9(2,3)11-10(8,4)5/h6-8,11H,1-5H3. The molecule has 11 heavy (non-hydrogen) atoms. The quantitative estimate of drug-likeness (QED) is 0.527. The fourth-order valence-electron chi connectivity index (χ4n) is 1.61. The van der Waals surface area contributed by atoms with Crippen molar-refractivity contribution in [1.82, 2.24) is 5.32 Å². The molecule has 1 unspecified atom stereocenters. The van der Waals surface area contributed by atoms with Crippen molar-refractivity contribution in [3.8, 4) is 0 Å². The Bertz CT molecular complexity index is 177. The van der Waals surface area contributed by atoms with Crippen LogP contribution in [0.2, 0.25) is 0 Å². The molecule has 0 aromatic rings. The molecule has 0 amide bonds. The van der Waals surface area contributed by atoms with Crippen LogP contribution in [0.3, 0.4) is 0 Å². The lowest BCUT2D eigenvalue weighted by Gasteiger charge is -2.42. The molecule has 1 heterocycles. The highest BCUT2D eigenvalue weighted by atomic mass is 15.0. The summed E-state index contributed by atoms with van der Waals surface area (Å²) in [6.45, 7) is 11.2. The van der Waals surface area contributed by atoms with E-state index in [1.54, 1.807) is 0 Å². The summed E-state index contributed by atoms with van der Waals surface area (Å²) in [5, 5.41) is 3.59. The normalized spacial score (nSPS) is 33.7. The van der Waals surface area contributed by atoms with Crippen molar-refractivity contribution in [3.63, 3.8) is 0 Å². The number of hydrogen-bond donors (Lipinski definition) is 1. The Morgan fingerprint density at radius 1 is 1.18 bits per heavy atom. The minimum absolute atomic E-state index is 0.163. The van der Waals surface area contributed by atoms with E-state index in [-0.39, 0.29) is 11.1 Å². The van der Waals surface area contributed by atoms with Gasteiger partial charge in [-0.15, -0.1) is 0 Å². The lowest BCUT2D eigenvalue weighted by Crippen LogP contribution is -2.56. The van der Waals surface area contributed by atoms with E-state index < -0.39 is 0 Å². The van der Waals surface area contributed by atoms with Crippen LogP contribution in [0, 0.1) is 5.92 Å². The first-order valence-corrected chi connectivity index (χ1v) is 4.32. The third-order valence-corrected chi connectivity index (χ3v) is 2.58. The summed E-state index contributed by atoms with van der Waals surface area (Å²) in [4.78, 5) is 0. The largest absolute Gasteiger partial charge is 0.303 e. The van der Waals surface area contributed by atoms with Crippen molar-refractivity contribution in [2.75, 3.05) is 0 Å². The molecular weight excluding hydrogens is 134 g/mol. The molecule has 1 aliphatic heterocycles. The first kappa shape index (κ1) is 8.79. The lowest BCUT2D eigenvalue weighted by molar-refractivity contribution is 0.234. The van der Waals surface area contributed by atoms with Gasteiger partial charge in [0.25, 0.3) is 0 Å². The molecule has 1 heteroatoms. The maximum absolute atomic E-state index is 3.59. The van der Waals surface area contributed by atoms with Crippen molar-refractivity contribution in [2.45, 2.75) is 45.7 Å². The summed E-state index contributed by atoms with van der Waals surface area (Å²) in [5.41, 5.74) is 0.397. The fraction of sp³-hybridized carbons (Fsp3) is 0.800. The number of hydrogen-bond acceptors (Lipinski definition) is 1. The van der Waals surface area contributed by atoms with Crippen LogP contribution in [0.1, 0.15) is 34.6 Å². The monoisotopic (exact) mass is 153 g/mol. The van der Waals surface area contributed by atoms with Crippen molar-refractivity contribution in [2.24, 2.45) is 5.92 Å². The van der Waals surface area contributed by atoms with E-state index in [0.717, 1.165) is 0 Å². The number of nitrogens with one attached hydrogen (secondary N) is 1. The highest BCUT2D eigenvalue weighted by Crippen LogP contribution is 2.26. The molecule has 0 aliphatic carbocycles. The van der Waals surface area contributed by atoms with Crippen LogP contribution in [0.5, 0.6) is 0 Å². The van der Waals surface area contributed by atoms with Crippen LogP contribution in [0.25, 0.3) is 0 Å². The minimum Gasteiger partial charge on any atom is -0.303 e. The summed E-state index contributed by atoms with van der Waals surface area (Å²) in [7, 11) is 0. The summed E-state index contributed by atoms with van der Waals surface area (Å²) >= 11 is 0. The molecule has 1 nitrogen and oxygen atoms in total. The van der Waals surface area contributed by atoms with Crippen LogP contribution in [0.15, 0.2) is 12.2 Å². The molecule has 0 saturated heterocycles. The molecule has 0 aromatic heterocycles. The zero-order chi connectivity index (χ0) is 8.70. The zero-order valence-electron chi connectivity index (χ0n) is 8.23. The Hall–Kier alpha value is -0.300. The van der Waals surface area contributed by atoms with Gasteiger partial charge in [0, 0.05) is 11.1 Å². The SMILES string of the molecule is CC1C=CC(C)(C)NC1(C)C. The summed E-state index contributed by atoms with van der Waals surface area (Å²) in [5.74, 6) is 0.621. The molecule has 0 bridgehead atoms. The van der Waals surface area contributed by atoms with Gasteiger partial charge in [0.1, 0.15) is 0 Å². The molecule has 1 aliphatic rings. The maximum Gasteiger partial charge on any atom is 0.0312 e. The fourth-order valence-corrected chi connectivity index (χ4v) is 1.61. The van der Waals surface area contributed by atoms with Crippen molar-refractivity contribution in [3.05, 3.63) is 12.2 Å². The van der Waals surface area contributed by atoms with Gasteiger partial charge in [-0.05, 0) is 33.6 Å². The predicted octanol–water partition coefficient (Wildman–Crippen LogP) is 2.34. The molecule has 1 rings (SSSR count). The molecule has 0 spiro atoms. The van der Waals surface area contributed by atoms with Crippen LogP contribution in [-0.2, 0) is 0 Å². The Labute approximate surface area is 69.9 Å². The average molecular weight is 153 g/mol. The Kier molecular flexibility index (Phi) is 1.87. The van der Waals surface area contributed by atoms with E-state index in [9.17, 15) is 0 Å². The maximum atomic E-state index is 3.59. The topological polar surface area (TPSA) is 12.0 Å². The summed E-state index contributed by atoms with van der Waals surface area (Å²) in [6.07, 6.45) is 4.55. The summed E-state index contributed by atoms with van der Waals surface area (Å²) in [6, 6.07) is 0. The van der Waals surface area contributed by atoms with Gasteiger partial charge in [-0.25, -0.2) is 0 Å². The second-order valence-electron chi connectivity index (χ2n) is 4.72. The predicted molar refractivity (Wildman–Crippen MR) is 49.6 cm³/mol. The third-order valence-electron chi connectivity index (χ3n) is 2.58. The average Bonchev–Trinajstić information content (AvgIpc) is 1.77. The van der Waals surface area contributed by atoms with E-state index in [4.69, 9.17) is 0 Å². The van der Waals surface area contributed by atoms with Crippen LogP contribution >= 0.6 is 0 Å². The van der Waals surface area contributed by atoms with Gasteiger partial charge in [-0.1, -0.05) is 19.1 Å². The van der Waals surface area contributed by atoms with Gasteiger partial charge in [-0.2, -0.15) is 0 Å². The van der Waals surface area contributed by atoms with Gasteiger partial charge in [0.2, 0.25) is 0 Å². The molecule has 0 fully saturated rings. The Balaban J connectivity index is 2.85. The highest BCUT2D eigenvalue weighted by Gasteiger charge is 2.32. The first-order chi connectivity index (χ1) is 4.83. The van der Waals surface area contributed by atoms with E-state index in [2.05, 4.69) is 52.1 Å². The van der Waals surface area contributed by atoms with Crippen LogP contribution < -0.4 is 5.32 Å². The molecule has 1 atom stereocenters. The van der Waals surface area contributed by atoms with E-state index in [1.807, 2.05) is 0 Å².